The van der Waals surface area contributed by atoms with E-state index >= 15 is 0 Å². The zero-order valence-electron chi connectivity index (χ0n) is 28.3. The van der Waals surface area contributed by atoms with Crippen molar-refractivity contribution in [1.82, 2.24) is 24.8 Å². The number of rotatable bonds is 9. The molecule has 0 spiro atoms. The van der Waals surface area contributed by atoms with E-state index in [0.29, 0.717) is 28.0 Å². The van der Waals surface area contributed by atoms with Gasteiger partial charge in [-0.15, -0.1) is 0 Å². The second kappa shape index (κ2) is 14.4. The van der Waals surface area contributed by atoms with Gasteiger partial charge in [0.2, 0.25) is 5.95 Å². The van der Waals surface area contributed by atoms with Crippen molar-refractivity contribution in [3.63, 3.8) is 0 Å². The van der Waals surface area contributed by atoms with Gasteiger partial charge in [-0.25, -0.2) is 4.98 Å². The molecular formula is C36H42BrN8O2PS. The van der Waals surface area contributed by atoms with E-state index in [-0.39, 0.29) is 0 Å². The lowest BCUT2D eigenvalue weighted by Crippen LogP contribution is -2.52. The number of piperazine rings is 1. The SMILES string of the molecule is COc1cc(N2CCC(N3CCN(C)CC3)CC2)c(-c2ccsc2)cc1Nc1ncc(Br)c(Nc2cnc3ccccc3c2P(C)(C)=O)n1. The van der Waals surface area contributed by atoms with Crippen LogP contribution in [0.1, 0.15) is 12.8 Å². The molecule has 0 saturated carbocycles. The molecule has 0 radical (unpaired) electrons. The standard InChI is InChI=1S/C36H42BrN8O2PS/c1-43-14-16-44(17-15-43)25-9-12-45(13-10-25)32-20-33(47-2)30(19-27(32)24-11-18-49-23-24)41-36-39-21-28(37)35(42-36)40-31-22-38-29-8-6-5-7-26(29)34(31)48(3,4)46/h5-8,11,18-23,25H,9-10,12-17H2,1-4H3,(H2,39,40,41,42). The lowest BCUT2D eigenvalue weighted by atomic mass is 9.98. The Morgan fingerprint density at radius 2 is 1.73 bits per heavy atom. The number of anilines is 5. The first kappa shape index (κ1) is 33.9. The maximum atomic E-state index is 13.5. The van der Waals surface area contributed by atoms with E-state index < -0.39 is 7.14 Å². The number of para-hydroxylation sites is 1. The fourth-order valence-electron chi connectivity index (χ4n) is 6.97. The molecule has 0 aliphatic carbocycles. The van der Waals surface area contributed by atoms with E-state index in [1.807, 2.05) is 24.3 Å². The lowest BCUT2D eigenvalue weighted by molar-refractivity contribution is 0.0982. The third-order valence-electron chi connectivity index (χ3n) is 9.54. The first-order valence-electron chi connectivity index (χ1n) is 16.6. The number of benzene rings is 2. The first-order valence-corrected chi connectivity index (χ1v) is 20.9. The van der Waals surface area contributed by atoms with Crippen LogP contribution < -0.4 is 25.6 Å². The van der Waals surface area contributed by atoms with Crippen LogP contribution in [0, 0.1) is 0 Å². The fourth-order valence-corrected chi connectivity index (χ4v) is 9.38. The Kier molecular flexibility index (Phi) is 9.95. The number of nitrogens with one attached hydrogen (secondary N) is 2. The summed E-state index contributed by atoms with van der Waals surface area (Å²) in [5, 5.41) is 12.7. The van der Waals surface area contributed by atoms with Gasteiger partial charge in [-0.05, 0) is 83.7 Å². The van der Waals surface area contributed by atoms with Crippen LogP contribution in [0.15, 0.2) is 70.1 Å². The molecule has 0 bridgehead atoms. The van der Waals surface area contributed by atoms with Gasteiger partial charge in [0.1, 0.15) is 18.7 Å². The molecule has 0 atom stereocenters. The predicted molar refractivity (Wildman–Crippen MR) is 208 cm³/mol. The van der Waals surface area contributed by atoms with Crippen molar-refractivity contribution < 1.29 is 9.30 Å². The molecule has 10 nitrogen and oxygen atoms in total. The monoisotopic (exact) mass is 760 g/mol. The van der Waals surface area contributed by atoms with Crippen LogP contribution in [0.4, 0.5) is 28.8 Å². The highest BCUT2D eigenvalue weighted by Crippen LogP contribution is 2.43. The Hall–Kier alpha value is -3.54. The van der Waals surface area contributed by atoms with Gasteiger partial charge < -0.3 is 29.7 Å². The van der Waals surface area contributed by atoms with Gasteiger partial charge in [0, 0.05) is 79.5 Å². The second-order valence-electron chi connectivity index (χ2n) is 13.2. The smallest absolute Gasteiger partial charge is 0.229 e. The summed E-state index contributed by atoms with van der Waals surface area (Å²) in [6.45, 7) is 10.2. The molecule has 13 heteroatoms. The van der Waals surface area contributed by atoms with E-state index in [1.54, 1.807) is 44.2 Å². The molecule has 5 heterocycles. The van der Waals surface area contributed by atoms with Crippen molar-refractivity contribution in [2.75, 3.05) is 82.3 Å². The summed E-state index contributed by atoms with van der Waals surface area (Å²) in [4.78, 5) is 21.7. The van der Waals surface area contributed by atoms with Crippen LogP contribution in [0.25, 0.3) is 22.0 Å². The fraction of sp³-hybridized carbons (Fsp3) is 0.361. The van der Waals surface area contributed by atoms with E-state index in [9.17, 15) is 4.57 Å². The first-order chi connectivity index (χ1) is 23.7. The van der Waals surface area contributed by atoms with Crippen molar-refractivity contribution in [3.05, 3.63) is 70.1 Å². The zero-order chi connectivity index (χ0) is 34.1. The van der Waals surface area contributed by atoms with Gasteiger partial charge in [0.25, 0.3) is 0 Å². The maximum Gasteiger partial charge on any atom is 0.229 e. The number of halogens is 1. The van der Waals surface area contributed by atoms with Crippen LogP contribution in [0.2, 0.25) is 0 Å². The van der Waals surface area contributed by atoms with Crippen LogP contribution >= 0.6 is 34.4 Å². The Balaban J connectivity index is 1.17. The summed E-state index contributed by atoms with van der Waals surface area (Å²) in [5.74, 6) is 1.64. The van der Waals surface area contributed by atoms with Crippen molar-refractivity contribution in [2.24, 2.45) is 0 Å². The zero-order valence-corrected chi connectivity index (χ0v) is 31.6. The van der Waals surface area contributed by atoms with Crippen molar-refractivity contribution in [2.45, 2.75) is 18.9 Å². The van der Waals surface area contributed by atoms with Crippen LogP contribution in [-0.4, -0.2) is 97.5 Å². The van der Waals surface area contributed by atoms with Gasteiger partial charge in [-0.1, -0.05) is 18.2 Å². The summed E-state index contributed by atoms with van der Waals surface area (Å²) in [7, 11) is 1.23. The number of pyridine rings is 1. The molecular weight excluding hydrogens is 719 g/mol. The van der Waals surface area contributed by atoms with Gasteiger partial charge in [0.05, 0.1) is 34.7 Å². The number of hydrogen-bond donors (Lipinski definition) is 2. The van der Waals surface area contributed by atoms with Gasteiger partial charge in [-0.2, -0.15) is 16.3 Å². The lowest BCUT2D eigenvalue weighted by Gasteiger charge is -2.43. The minimum atomic E-state index is -2.69. The number of piperidine rings is 1. The van der Waals surface area contributed by atoms with Crippen LogP contribution in [0.5, 0.6) is 5.75 Å². The quantitative estimate of drug-likeness (QED) is 0.147. The highest BCUT2D eigenvalue weighted by molar-refractivity contribution is 9.10. The highest BCUT2D eigenvalue weighted by Gasteiger charge is 2.29. The number of ether oxygens (including phenoxy) is 1. The Morgan fingerprint density at radius 1 is 0.959 bits per heavy atom. The van der Waals surface area contributed by atoms with Crippen LogP contribution in [-0.2, 0) is 4.57 Å². The van der Waals surface area contributed by atoms with Crippen molar-refractivity contribution in [1.29, 1.82) is 0 Å². The minimum Gasteiger partial charge on any atom is -0.494 e. The molecule has 2 saturated heterocycles. The number of aromatic nitrogens is 3. The van der Waals surface area contributed by atoms with E-state index in [2.05, 4.69) is 87.2 Å². The molecule has 2 N–H and O–H groups in total. The molecule has 49 heavy (non-hydrogen) atoms. The summed E-state index contributed by atoms with van der Waals surface area (Å²) in [6.07, 6.45) is 5.73. The van der Waals surface area contributed by atoms with Gasteiger partial charge in [0.15, 0.2) is 0 Å². The van der Waals surface area contributed by atoms with E-state index in [0.717, 1.165) is 85.3 Å². The van der Waals surface area contributed by atoms with E-state index in [1.165, 1.54) is 11.3 Å². The Morgan fingerprint density at radius 3 is 2.45 bits per heavy atom. The Bertz CT molecular complexity index is 1990. The second-order valence-corrected chi connectivity index (χ2v) is 18.0. The van der Waals surface area contributed by atoms with Crippen molar-refractivity contribution in [3.8, 4) is 16.9 Å². The Labute approximate surface area is 300 Å². The molecule has 2 aromatic carbocycles. The predicted octanol–water partition coefficient (Wildman–Crippen LogP) is 7.48. The summed E-state index contributed by atoms with van der Waals surface area (Å²) >= 11 is 5.30. The molecule has 2 aliphatic heterocycles. The number of fused-ring (bicyclic) bond motifs is 1. The summed E-state index contributed by atoms with van der Waals surface area (Å²) < 4.78 is 20.2. The number of nitrogens with zero attached hydrogens (tertiary/aromatic N) is 6. The summed E-state index contributed by atoms with van der Waals surface area (Å²) in [5.41, 5.74) is 5.71. The molecule has 0 amide bonds. The molecule has 2 fully saturated rings. The van der Waals surface area contributed by atoms with Gasteiger partial charge >= 0.3 is 0 Å². The van der Waals surface area contributed by atoms with Gasteiger partial charge in [-0.3, -0.25) is 9.88 Å². The number of methoxy groups -OCH3 is 1. The largest absolute Gasteiger partial charge is 0.494 e. The molecule has 256 valence electrons. The molecule has 0 unspecified atom stereocenters. The van der Waals surface area contributed by atoms with Crippen molar-refractivity contribution >= 4 is 79.4 Å². The average Bonchev–Trinajstić information content (AvgIpc) is 3.64. The molecule has 2 aliphatic rings. The topological polar surface area (TPSA) is 98.8 Å². The third kappa shape index (κ3) is 7.35. The third-order valence-corrected chi connectivity index (χ3v) is 12.4. The maximum absolute atomic E-state index is 13.5. The molecule has 3 aromatic heterocycles. The highest BCUT2D eigenvalue weighted by atomic mass is 79.9. The number of likely N-dealkylation sites (N-methyl/N-ethyl adjacent to an activating group) is 1. The summed E-state index contributed by atoms with van der Waals surface area (Å²) in [6, 6.07) is 14.9. The average molecular weight is 762 g/mol. The number of hydrogen-bond acceptors (Lipinski definition) is 11. The minimum absolute atomic E-state index is 0.396. The van der Waals surface area contributed by atoms with Crippen LogP contribution in [0.3, 0.4) is 0 Å². The number of thiophene rings is 1. The van der Waals surface area contributed by atoms with E-state index in [4.69, 9.17) is 9.72 Å². The molecule has 5 aromatic rings. The molecule has 7 rings (SSSR count). The normalized spacial score (nSPS) is 16.6.